The minimum Gasteiger partial charge on any atom is -0.467 e. The average Bonchev–Trinajstić information content (AvgIpc) is 2.20. The lowest BCUT2D eigenvalue weighted by Gasteiger charge is -2.08. The second-order valence-corrected chi connectivity index (χ2v) is 2.93. The summed E-state index contributed by atoms with van der Waals surface area (Å²) in [5, 5.41) is 0. The van der Waals surface area contributed by atoms with Crippen molar-refractivity contribution in [1.82, 2.24) is 0 Å². The number of methoxy groups -OCH3 is 1. The summed E-state index contributed by atoms with van der Waals surface area (Å²) in [6.45, 7) is 3.43. The number of aryl methyl sites for hydroxylation is 1. The van der Waals surface area contributed by atoms with E-state index in [0.29, 0.717) is 13.2 Å². The lowest BCUT2D eigenvalue weighted by molar-refractivity contribution is -0.00875. The van der Waals surface area contributed by atoms with E-state index in [-0.39, 0.29) is 6.79 Å². The highest BCUT2D eigenvalue weighted by molar-refractivity contribution is 5.31. The van der Waals surface area contributed by atoms with E-state index < -0.39 is 0 Å². The molecule has 0 spiro atoms. The molecule has 0 saturated carbocycles. The van der Waals surface area contributed by atoms with Crippen molar-refractivity contribution >= 4 is 0 Å². The number of ether oxygens (including phenoxy) is 3. The molecule has 0 bridgehead atoms. The molecule has 3 heteroatoms. The van der Waals surface area contributed by atoms with Gasteiger partial charge in [-0.05, 0) is 18.6 Å². The van der Waals surface area contributed by atoms with Crippen molar-refractivity contribution in [3.05, 3.63) is 29.8 Å². The first kappa shape index (κ1) is 11.0. The van der Waals surface area contributed by atoms with E-state index in [1.807, 2.05) is 31.2 Å². The Hall–Kier alpha value is -1.06. The van der Waals surface area contributed by atoms with E-state index in [0.717, 1.165) is 11.3 Å². The number of hydrogen-bond acceptors (Lipinski definition) is 3. The van der Waals surface area contributed by atoms with Gasteiger partial charge in [-0.1, -0.05) is 18.2 Å². The Balaban J connectivity index is 2.21. The Morgan fingerprint density at radius 2 is 1.93 bits per heavy atom. The number of hydrogen-bond donors (Lipinski definition) is 0. The van der Waals surface area contributed by atoms with Crippen molar-refractivity contribution in [3.63, 3.8) is 0 Å². The maximum Gasteiger partial charge on any atom is 0.189 e. The van der Waals surface area contributed by atoms with Gasteiger partial charge in [0.1, 0.15) is 5.75 Å². The lowest BCUT2D eigenvalue weighted by Crippen LogP contribution is -2.08. The first-order chi connectivity index (χ1) is 6.84. The van der Waals surface area contributed by atoms with Gasteiger partial charge in [-0.2, -0.15) is 0 Å². The smallest absolute Gasteiger partial charge is 0.189 e. The van der Waals surface area contributed by atoms with Crippen LogP contribution in [-0.4, -0.2) is 27.1 Å². The van der Waals surface area contributed by atoms with Crippen LogP contribution in [0.4, 0.5) is 0 Å². The maximum atomic E-state index is 5.41. The topological polar surface area (TPSA) is 27.7 Å². The van der Waals surface area contributed by atoms with Gasteiger partial charge in [0, 0.05) is 7.11 Å². The third-order valence-electron chi connectivity index (χ3n) is 1.82. The summed E-state index contributed by atoms with van der Waals surface area (Å²) in [5.41, 5.74) is 1.11. The molecule has 0 aliphatic rings. The molecule has 0 N–H and O–H groups in total. The predicted molar refractivity (Wildman–Crippen MR) is 54.5 cm³/mol. The van der Waals surface area contributed by atoms with Crippen LogP contribution in [0.1, 0.15) is 5.56 Å². The van der Waals surface area contributed by atoms with Gasteiger partial charge in [0.15, 0.2) is 6.79 Å². The molecule has 3 nitrogen and oxygen atoms in total. The zero-order valence-electron chi connectivity index (χ0n) is 8.66. The number of benzene rings is 1. The van der Waals surface area contributed by atoms with Crippen LogP contribution in [0.25, 0.3) is 0 Å². The molecule has 0 heterocycles. The summed E-state index contributed by atoms with van der Waals surface area (Å²) >= 11 is 0. The molecule has 0 amide bonds. The molecule has 14 heavy (non-hydrogen) atoms. The Labute approximate surface area is 84.6 Å². The predicted octanol–water partition coefficient (Wildman–Crippen LogP) is 1.99. The summed E-state index contributed by atoms with van der Waals surface area (Å²) < 4.78 is 15.4. The fourth-order valence-electron chi connectivity index (χ4n) is 1.02. The fourth-order valence-corrected chi connectivity index (χ4v) is 1.02. The third-order valence-corrected chi connectivity index (χ3v) is 1.82. The second-order valence-electron chi connectivity index (χ2n) is 2.93. The van der Waals surface area contributed by atoms with E-state index in [1.54, 1.807) is 7.11 Å². The van der Waals surface area contributed by atoms with Crippen molar-refractivity contribution in [2.24, 2.45) is 0 Å². The van der Waals surface area contributed by atoms with Gasteiger partial charge < -0.3 is 14.2 Å². The Kier molecular flexibility index (Phi) is 5.04. The van der Waals surface area contributed by atoms with Gasteiger partial charge in [-0.15, -0.1) is 0 Å². The summed E-state index contributed by atoms with van der Waals surface area (Å²) in [5.74, 6) is 0.866. The highest BCUT2D eigenvalue weighted by Crippen LogP contribution is 2.15. The number of rotatable bonds is 6. The Morgan fingerprint density at radius 3 is 2.64 bits per heavy atom. The van der Waals surface area contributed by atoms with Crippen LogP contribution in [0, 0.1) is 6.92 Å². The zero-order valence-corrected chi connectivity index (χ0v) is 8.66. The van der Waals surface area contributed by atoms with Crippen molar-refractivity contribution in [1.29, 1.82) is 0 Å². The molecular formula is C11H16O3. The quantitative estimate of drug-likeness (QED) is 0.514. The number of para-hydroxylation sites is 1. The van der Waals surface area contributed by atoms with E-state index in [1.165, 1.54) is 0 Å². The van der Waals surface area contributed by atoms with Gasteiger partial charge in [0.05, 0.1) is 13.2 Å². The van der Waals surface area contributed by atoms with Crippen LogP contribution in [0.3, 0.4) is 0 Å². The molecular weight excluding hydrogens is 180 g/mol. The van der Waals surface area contributed by atoms with Crippen molar-refractivity contribution in [2.45, 2.75) is 6.92 Å². The molecule has 0 aliphatic heterocycles. The molecule has 0 unspecified atom stereocenters. The standard InChI is InChI=1S/C11H16O3/c1-10-5-3-4-6-11(10)14-9-13-8-7-12-2/h3-6H,7-9H2,1-2H3. The van der Waals surface area contributed by atoms with Gasteiger partial charge in [-0.25, -0.2) is 0 Å². The molecule has 0 saturated heterocycles. The van der Waals surface area contributed by atoms with Crippen molar-refractivity contribution < 1.29 is 14.2 Å². The van der Waals surface area contributed by atoms with Gasteiger partial charge >= 0.3 is 0 Å². The second kappa shape index (κ2) is 6.40. The van der Waals surface area contributed by atoms with Crippen molar-refractivity contribution in [2.75, 3.05) is 27.1 Å². The molecule has 0 atom stereocenters. The first-order valence-corrected chi connectivity index (χ1v) is 4.59. The first-order valence-electron chi connectivity index (χ1n) is 4.59. The van der Waals surface area contributed by atoms with E-state index in [9.17, 15) is 0 Å². The molecule has 1 aromatic rings. The summed E-state index contributed by atoms with van der Waals surface area (Å²) in [6, 6.07) is 7.85. The van der Waals surface area contributed by atoms with Crippen LogP contribution in [0.5, 0.6) is 5.75 Å². The lowest BCUT2D eigenvalue weighted by atomic mass is 10.2. The molecule has 0 aromatic heterocycles. The highest BCUT2D eigenvalue weighted by Gasteiger charge is 1.96. The van der Waals surface area contributed by atoms with Crippen LogP contribution in [-0.2, 0) is 9.47 Å². The van der Waals surface area contributed by atoms with Crippen LogP contribution in [0.2, 0.25) is 0 Å². The zero-order chi connectivity index (χ0) is 10.2. The van der Waals surface area contributed by atoms with E-state index in [4.69, 9.17) is 14.2 Å². The average molecular weight is 196 g/mol. The largest absolute Gasteiger partial charge is 0.467 e. The normalized spacial score (nSPS) is 10.1. The molecule has 0 aliphatic carbocycles. The Morgan fingerprint density at radius 1 is 1.14 bits per heavy atom. The monoisotopic (exact) mass is 196 g/mol. The highest BCUT2D eigenvalue weighted by atomic mass is 16.7. The van der Waals surface area contributed by atoms with Crippen molar-refractivity contribution in [3.8, 4) is 5.75 Å². The Bertz CT molecular complexity index is 260. The molecule has 1 aromatic carbocycles. The summed E-state index contributed by atoms with van der Waals surface area (Å²) in [4.78, 5) is 0. The molecule has 0 fully saturated rings. The minimum absolute atomic E-state index is 0.272. The van der Waals surface area contributed by atoms with E-state index in [2.05, 4.69) is 0 Å². The van der Waals surface area contributed by atoms with E-state index >= 15 is 0 Å². The SMILES string of the molecule is COCCOCOc1ccccc1C. The third kappa shape index (κ3) is 3.77. The molecule has 0 radical (unpaired) electrons. The molecule has 1 rings (SSSR count). The van der Waals surface area contributed by atoms with Gasteiger partial charge in [0.2, 0.25) is 0 Å². The van der Waals surface area contributed by atoms with Crippen LogP contribution in [0.15, 0.2) is 24.3 Å². The summed E-state index contributed by atoms with van der Waals surface area (Å²) in [7, 11) is 1.64. The minimum atomic E-state index is 0.272. The molecule has 78 valence electrons. The summed E-state index contributed by atoms with van der Waals surface area (Å²) in [6.07, 6.45) is 0. The van der Waals surface area contributed by atoms with Gasteiger partial charge in [0.25, 0.3) is 0 Å². The fraction of sp³-hybridized carbons (Fsp3) is 0.455. The van der Waals surface area contributed by atoms with Gasteiger partial charge in [-0.3, -0.25) is 0 Å². The van der Waals surface area contributed by atoms with Crippen LogP contribution >= 0.6 is 0 Å². The maximum absolute atomic E-state index is 5.41. The van der Waals surface area contributed by atoms with Crippen LogP contribution < -0.4 is 4.74 Å².